The van der Waals surface area contributed by atoms with Crippen molar-refractivity contribution < 1.29 is 4.79 Å². The van der Waals surface area contributed by atoms with Gasteiger partial charge in [-0.3, -0.25) is 10.2 Å². The summed E-state index contributed by atoms with van der Waals surface area (Å²) < 4.78 is 0. The zero-order valence-electron chi connectivity index (χ0n) is 8.63. The van der Waals surface area contributed by atoms with Gasteiger partial charge in [0, 0.05) is 18.7 Å². The van der Waals surface area contributed by atoms with Crippen molar-refractivity contribution in [3.8, 4) is 0 Å². The Labute approximate surface area is 94.0 Å². The first-order valence-corrected chi connectivity index (χ1v) is 5.88. The van der Waals surface area contributed by atoms with Crippen LogP contribution in [0.2, 0.25) is 0 Å². The van der Waals surface area contributed by atoms with Gasteiger partial charge >= 0.3 is 0 Å². The van der Waals surface area contributed by atoms with Crippen LogP contribution in [-0.2, 0) is 4.79 Å². The summed E-state index contributed by atoms with van der Waals surface area (Å²) in [5.41, 5.74) is 0.240. The number of nitrogens with one attached hydrogen (secondary N) is 1. The summed E-state index contributed by atoms with van der Waals surface area (Å²) in [5, 5.41) is 6.94. The van der Waals surface area contributed by atoms with E-state index < -0.39 is 0 Å². The molecule has 0 bridgehead atoms. The van der Waals surface area contributed by atoms with Crippen molar-refractivity contribution in [2.45, 2.75) is 6.92 Å². The van der Waals surface area contributed by atoms with Gasteiger partial charge in [-0.1, -0.05) is 25.1 Å². The van der Waals surface area contributed by atoms with Gasteiger partial charge in [0.1, 0.15) is 5.17 Å². The zero-order chi connectivity index (χ0) is 11.3. The van der Waals surface area contributed by atoms with E-state index in [1.165, 1.54) is 4.90 Å². The van der Waals surface area contributed by atoms with Gasteiger partial charge in [0.15, 0.2) is 0 Å². The maximum atomic E-state index is 11.7. The van der Waals surface area contributed by atoms with E-state index >= 15 is 0 Å². The molecule has 0 fully saturated rings. The lowest BCUT2D eigenvalue weighted by molar-refractivity contribution is -0.130. The molecule has 5 heteroatoms. The Morgan fingerprint density at radius 2 is 2.21 bits per heavy atom. The van der Waals surface area contributed by atoms with Crippen LogP contribution < -0.4 is 0 Å². The molecule has 0 aliphatic carbocycles. The summed E-state index contributed by atoms with van der Waals surface area (Å²) in [4.78, 5) is 13.0. The smallest absolute Gasteiger partial charge is 0.230 e. The Hall–Kier alpha value is -0.480. The molecule has 14 heavy (non-hydrogen) atoms. The molecule has 0 heterocycles. The average molecular weight is 235 g/mol. The van der Waals surface area contributed by atoms with E-state index in [0.717, 1.165) is 5.75 Å². The van der Waals surface area contributed by atoms with Crippen LogP contribution in [0.3, 0.4) is 0 Å². The number of hydrogen-bond acceptors (Lipinski definition) is 3. The minimum Gasteiger partial charge on any atom is -0.313 e. The summed E-state index contributed by atoms with van der Waals surface area (Å²) in [6, 6.07) is 0. The van der Waals surface area contributed by atoms with E-state index in [2.05, 4.69) is 6.58 Å². The lowest BCUT2D eigenvalue weighted by Crippen LogP contribution is -2.33. The molecular formula is C9H15ClN2OS. The van der Waals surface area contributed by atoms with Crippen molar-refractivity contribution in [2.24, 2.45) is 5.92 Å². The van der Waals surface area contributed by atoms with Crippen LogP contribution >= 0.6 is 23.4 Å². The molecular weight excluding hydrogens is 220 g/mol. The normalized spacial score (nSPS) is 12.0. The average Bonchev–Trinajstić information content (AvgIpc) is 2.14. The fourth-order valence-corrected chi connectivity index (χ4v) is 1.70. The fraction of sp³-hybridized carbons (Fsp3) is 0.556. The third-order valence-electron chi connectivity index (χ3n) is 1.83. The van der Waals surface area contributed by atoms with E-state index in [0.29, 0.717) is 0 Å². The number of thioether (sulfide) groups is 1. The molecule has 1 N–H and O–H groups in total. The highest BCUT2D eigenvalue weighted by molar-refractivity contribution is 7.98. The first-order chi connectivity index (χ1) is 6.41. The van der Waals surface area contributed by atoms with Gasteiger partial charge in [-0.05, 0) is 6.26 Å². The highest BCUT2D eigenvalue weighted by Crippen LogP contribution is 2.12. The van der Waals surface area contributed by atoms with Crippen molar-refractivity contribution in [2.75, 3.05) is 19.1 Å². The minimum absolute atomic E-state index is 0.0604. The van der Waals surface area contributed by atoms with Crippen LogP contribution in [0.5, 0.6) is 0 Å². The van der Waals surface area contributed by atoms with E-state index in [9.17, 15) is 4.79 Å². The highest BCUT2D eigenvalue weighted by Gasteiger charge is 2.19. The number of carbonyl (C=O) groups is 1. The Bertz CT molecular complexity index is 255. The van der Waals surface area contributed by atoms with Crippen molar-refractivity contribution >= 4 is 34.4 Å². The molecule has 0 aromatic rings. The Morgan fingerprint density at radius 3 is 2.57 bits per heavy atom. The maximum Gasteiger partial charge on any atom is 0.230 e. The van der Waals surface area contributed by atoms with Crippen molar-refractivity contribution in [1.29, 1.82) is 5.41 Å². The summed E-state index contributed by atoms with van der Waals surface area (Å²) in [6.45, 7) is 5.41. The molecule has 0 saturated carbocycles. The van der Waals surface area contributed by atoms with Gasteiger partial charge in [-0.25, -0.2) is 0 Å². The molecule has 0 aromatic heterocycles. The standard InChI is InChI=1S/C9H15ClN2OS/c1-6(5-14-4)9(13)12(3)7(2)8(10)11/h6,11H,2,5H2,1,3-4H3. The quantitative estimate of drug-likeness (QED) is 0.741. The van der Waals surface area contributed by atoms with Crippen LogP contribution in [0.25, 0.3) is 0 Å². The second kappa shape index (κ2) is 6.09. The number of halogens is 1. The van der Waals surface area contributed by atoms with Crippen LogP contribution in [0.15, 0.2) is 12.3 Å². The molecule has 1 amide bonds. The Kier molecular flexibility index (Phi) is 5.88. The van der Waals surface area contributed by atoms with E-state index in [1.54, 1.807) is 18.8 Å². The SMILES string of the molecule is C=C(C(=N)Cl)N(C)C(=O)C(C)CSC. The van der Waals surface area contributed by atoms with Crippen molar-refractivity contribution in [1.82, 2.24) is 4.90 Å². The molecule has 0 aromatic carbocycles. The fourth-order valence-electron chi connectivity index (χ4n) is 0.932. The number of rotatable bonds is 5. The number of nitrogens with zero attached hydrogens (tertiary/aromatic N) is 1. The molecule has 1 atom stereocenters. The third-order valence-corrected chi connectivity index (χ3v) is 2.88. The molecule has 0 aliphatic rings. The van der Waals surface area contributed by atoms with E-state index in [1.807, 2.05) is 13.2 Å². The molecule has 0 saturated heterocycles. The highest BCUT2D eigenvalue weighted by atomic mass is 35.5. The lowest BCUT2D eigenvalue weighted by atomic mass is 10.2. The molecule has 0 radical (unpaired) electrons. The minimum atomic E-state index is -0.197. The van der Waals surface area contributed by atoms with Gasteiger partial charge in [-0.15, -0.1) is 0 Å². The monoisotopic (exact) mass is 234 g/mol. The summed E-state index contributed by atoms with van der Waals surface area (Å²) >= 11 is 7.05. The molecule has 0 aliphatic heterocycles. The topological polar surface area (TPSA) is 44.2 Å². The second-order valence-electron chi connectivity index (χ2n) is 3.01. The summed E-state index contributed by atoms with van der Waals surface area (Å²) in [5.74, 6) is 0.615. The van der Waals surface area contributed by atoms with E-state index in [-0.39, 0.29) is 22.7 Å². The van der Waals surface area contributed by atoms with Crippen molar-refractivity contribution in [3.63, 3.8) is 0 Å². The van der Waals surface area contributed by atoms with Crippen LogP contribution in [0.1, 0.15) is 6.92 Å². The molecule has 3 nitrogen and oxygen atoms in total. The zero-order valence-corrected chi connectivity index (χ0v) is 10.2. The predicted octanol–water partition coefficient (Wildman–Crippen LogP) is 2.17. The molecule has 1 unspecified atom stereocenters. The third kappa shape index (κ3) is 3.72. The number of amides is 1. The van der Waals surface area contributed by atoms with E-state index in [4.69, 9.17) is 17.0 Å². The molecule has 80 valence electrons. The Morgan fingerprint density at radius 1 is 1.71 bits per heavy atom. The first-order valence-electron chi connectivity index (χ1n) is 4.11. The van der Waals surface area contributed by atoms with Gasteiger partial charge in [-0.2, -0.15) is 11.8 Å². The first kappa shape index (κ1) is 13.5. The number of carbonyl (C=O) groups excluding carboxylic acids is 1. The number of allylic oxidation sites excluding steroid dienone is 1. The predicted molar refractivity (Wildman–Crippen MR) is 63.0 cm³/mol. The van der Waals surface area contributed by atoms with Crippen LogP contribution in [-0.4, -0.2) is 35.0 Å². The van der Waals surface area contributed by atoms with Gasteiger partial charge in [0.05, 0.1) is 5.70 Å². The largest absolute Gasteiger partial charge is 0.313 e. The van der Waals surface area contributed by atoms with Gasteiger partial charge < -0.3 is 4.90 Å². The summed E-state index contributed by atoms with van der Waals surface area (Å²) in [7, 11) is 1.58. The number of hydrogen-bond donors (Lipinski definition) is 1. The van der Waals surface area contributed by atoms with Crippen LogP contribution in [0.4, 0.5) is 0 Å². The van der Waals surface area contributed by atoms with Crippen LogP contribution in [0, 0.1) is 11.3 Å². The molecule has 0 spiro atoms. The Balaban J connectivity index is 4.38. The second-order valence-corrected chi connectivity index (χ2v) is 4.30. The summed E-state index contributed by atoms with van der Waals surface area (Å²) in [6.07, 6.45) is 1.95. The van der Waals surface area contributed by atoms with Crippen molar-refractivity contribution in [3.05, 3.63) is 12.3 Å². The maximum absolute atomic E-state index is 11.7. The van der Waals surface area contributed by atoms with Gasteiger partial charge in [0.25, 0.3) is 0 Å². The molecule has 0 rings (SSSR count). The lowest BCUT2D eigenvalue weighted by Gasteiger charge is -2.21. The van der Waals surface area contributed by atoms with Gasteiger partial charge in [0.2, 0.25) is 5.91 Å².